The van der Waals surface area contributed by atoms with Gasteiger partial charge < -0.3 is 15.0 Å². The summed E-state index contributed by atoms with van der Waals surface area (Å²) in [6.07, 6.45) is 0.434. The largest absolute Gasteiger partial charge is 0.370 e. The third kappa shape index (κ3) is 3.23. The van der Waals surface area contributed by atoms with E-state index in [-0.39, 0.29) is 16.8 Å². The van der Waals surface area contributed by atoms with E-state index in [0.717, 1.165) is 19.5 Å². The van der Waals surface area contributed by atoms with Crippen LogP contribution in [0.1, 0.15) is 18.1 Å². The minimum absolute atomic E-state index is 0.0190. The number of halogens is 3. The van der Waals surface area contributed by atoms with Gasteiger partial charge in [-0.15, -0.1) is 0 Å². The van der Waals surface area contributed by atoms with Crippen LogP contribution in [0.3, 0.4) is 0 Å². The molecule has 22 heavy (non-hydrogen) atoms. The van der Waals surface area contributed by atoms with Gasteiger partial charge in [0.2, 0.25) is 5.91 Å². The maximum atomic E-state index is 13.7. The van der Waals surface area contributed by atoms with Gasteiger partial charge in [0.1, 0.15) is 11.9 Å². The number of ether oxygens (including phenoxy) is 1. The van der Waals surface area contributed by atoms with E-state index in [1.807, 2.05) is 0 Å². The van der Waals surface area contributed by atoms with Crippen molar-refractivity contribution in [3.8, 4) is 0 Å². The molecule has 0 radical (unpaired) electrons. The number of carbonyl (C=O) groups is 1. The molecule has 1 amide bonds. The standard InChI is InChI=1S/C15H17Cl2FN2O2/c16-11-6-12(17)13(18)5-10(11)14-8-20(3-4-22-14)15(21)9-1-2-19-7-9/h5-6,9,14,19H,1-4,7-8H2. The summed E-state index contributed by atoms with van der Waals surface area (Å²) in [5.74, 6) is -0.381. The Morgan fingerprint density at radius 1 is 1.36 bits per heavy atom. The molecule has 0 aromatic heterocycles. The number of amides is 1. The van der Waals surface area contributed by atoms with E-state index in [9.17, 15) is 9.18 Å². The number of benzene rings is 1. The lowest BCUT2D eigenvalue weighted by molar-refractivity contribution is -0.142. The van der Waals surface area contributed by atoms with Crippen molar-refractivity contribution >= 4 is 29.1 Å². The molecule has 2 unspecified atom stereocenters. The Morgan fingerprint density at radius 3 is 2.91 bits per heavy atom. The molecule has 1 aromatic carbocycles. The minimum Gasteiger partial charge on any atom is -0.370 e. The zero-order chi connectivity index (χ0) is 15.7. The Bertz CT molecular complexity index is 579. The van der Waals surface area contributed by atoms with Crippen LogP contribution in [-0.2, 0) is 9.53 Å². The summed E-state index contributed by atoms with van der Waals surface area (Å²) < 4.78 is 19.4. The molecule has 2 saturated heterocycles. The SMILES string of the molecule is O=C(C1CCNC1)N1CCOC(c2cc(F)c(Cl)cc2Cl)C1. The Balaban J connectivity index is 1.75. The summed E-state index contributed by atoms with van der Waals surface area (Å²) in [6, 6.07) is 2.67. The Morgan fingerprint density at radius 2 is 2.18 bits per heavy atom. The molecule has 2 aliphatic rings. The van der Waals surface area contributed by atoms with E-state index in [1.54, 1.807) is 4.90 Å². The molecule has 120 valence electrons. The van der Waals surface area contributed by atoms with E-state index in [0.29, 0.717) is 30.3 Å². The summed E-state index contributed by atoms with van der Waals surface area (Å²) in [6.45, 7) is 2.95. The maximum Gasteiger partial charge on any atom is 0.227 e. The van der Waals surface area contributed by atoms with Crippen molar-refractivity contribution < 1.29 is 13.9 Å². The maximum absolute atomic E-state index is 13.7. The highest BCUT2D eigenvalue weighted by atomic mass is 35.5. The topological polar surface area (TPSA) is 41.6 Å². The van der Waals surface area contributed by atoms with E-state index < -0.39 is 11.9 Å². The van der Waals surface area contributed by atoms with Crippen LogP contribution in [0.2, 0.25) is 10.0 Å². The van der Waals surface area contributed by atoms with E-state index in [2.05, 4.69) is 5.32 Å². The lowest BCUT2D eigenvalue weighted by Crippen LogP contribution is -2.45. The third-order valence-electron chi connectivity index (χ3n) is 4.17. The zero-order valence-corrected chi connectivity index (χ0v) is 13.5. The molecule has 7 heteroatoms. The van der Waals surface area contributed by atoms with Gasteiger partial charge in [0, 0.05) is 23.7 Å². The first-order valence-corrected chi connectivity index (χ1v) is 8.07. The van der Waals surface area contributed by atoms with Crippen molar-refractivity contribution in [3.05, 3.63) is 33.6 Å². The second-order valence-electron chi connectivity index (χ2n) is 5.62. The number of hydrogen-bond donors (Lipinski definition) is 1. The molecular formula is C15H17Cl2FN2O2. The second-order valence-corrected chi connectivity index (χ2v) is 6.44. The average molecular weight is 347 g/mol. The summed E-state index contributed by atoms with van der Waals surface area (Å²) in [4.78, 5) is 14.3. The normalized spacial score (nSPS) is 25.5. The fourth-order valence-corrected chi connectivity index (χ4v) is 3.45. The number of carbonyl (C=O) groups excluding carboxylic acids is 1. The van der Waals surface area contributed by atoms with Crippen molar-refractivity contribution in [2.24, 2.45) is 5.92 Å². The van der Waals surface area contributed by atoms with Gasteiger partial charge in [-0.25, -0.2) is 4.39 Å². The van der Waals surface area contributed by atoms with Crippen molar-refractivity contribution in [1.29, 1.82) is 0 Å². The molecule has 2 fully saturated rings. The summed E-state index contributed by atoms with van der Waals surface area (Å²) >= 11 is 11.9. The van der Waals surface area contributed by atoms with Gasteiger partial charge in [0.05, 0.1) is 24.1 Å². The first kappa shape index (κ1) is 16.0. The van der Waals surface area contributed by atoms with Crippen LogP contribution >= 0.6 is 23.2 Å². The Labute approximate surface area is 138 Å². The van der Waals surface area contributed by atoms with Crippen LogP contribution in [0, 0.1) is 11.7 Å². The highest BCUT2D eigenvalue weighted by Crippen LogP contribution is 2.32. The van der Waals surface area contributed by atoms with Crippen molar-refractivity contribution in [2.45, 2.75) is 12.5 Å². The predicted octanol–water partition coefficient (Wildman–Crippen LogP) is 2.64. The van der Waals surface area contributed by atoms with E-state index in [1.165, 1.54) is 12.1 Å². The molecule has 2 atom stereocenters. The third-order valence-corrected chi connectivity index (χ3v) is 4.79. The van der Waals surface area contributed by atoms with E-state index >= 15 is 0 Å². The average Bonchev–Trinajstić information content (AvgIpc) is 3.04. The Kier molecular flexibility index (Phi) is 4.88. The lowest BCUT2D eigenvalue weighted by atomic mass is 10.0. The number of hydrogen-bond acceptors (Lipinski definition) is 3. The highest BCUT2D eigenvalue weighted by molar-refractivity contribution is 6.35. The smallest absolute Gasteiger partial charge is 0.227 e. The molecule has 0 aliphatic carbocycles. The van der Waals surface area contributed by atoms with Crippen LogP contribution in [0.5, 0.6) is 0 Å². The van der Waals surface area contributed by atoms with Crippen LogP contribution in [0.4, 0.5) is 4.39 Å². The minimum atomic E-state index is -0.534. The summed E-state index contributed by atoms with van der Waals surface area (Å²) in [7, 11) is 0. The molecular weight excluding hydrogens is 330 g/mol. The molecule has 0 saturated carbocycles. The number of rotatable bonds is 2. The van der Waals surface area contributed by atoms with Crippen molar-refractivity contribution in [2.75, 3.05) is 32.8 Å². The first-order valence-electron chi connectivity index (χ1n) is 7.32. The molecule has 2 heterocycles. The summed E-state index contributed by atoms with van der Waals surface area (Å²) in [5, 5.41) is 3.53. The number of nitrogens with one attached hydrogen (secondary N) is 1. The fourth-order valence-electron chi connectivity index (χ4n) is 2.95. The zero-order valence-electron chi connectivity index (χ0n) is 11.9. The van der Waals surface area contributed by atoms with Gasteiger partial charge in [-0.3, -0.25) is 4.79 Å². The molecule has 0 spiro atoms. The van der Waals surface area contributed by atoms with Gasteiger partial charge >= 0.3 is 0 Å². The van der Waals surface area contributed by atoms with Crippen LogP contribution in [-0.4, -0.2) is 43.6 Å². The van der Waals surface area contributed by atoms with E-state index in [4.69, 9.17) is 27.9 Å². The van der Waals surface area contributed by atoms with Gasteiger partial charge in [-0.2, -0.15) is 0 Å². The molecule has 1 N–H and O–H groups in total. The fraction of sp³-hybridized carbons (Fsp3) is 0.533. The number of nitrogens with zero attached hydrogens (tertiary/aromatic N) is 1. The predicted molar refractivity (Wildman–Crippen MR) is 82.7 cm³/mol. The molecule has 0 bridgehead atoms. The number of morpholine rings is 1. The van der Waals surface area contributed by atoms with Crippen LogP contribution in [0.25, 0.3) is 0 Å². The van der Waals surface area contributed by atoms with Crippen molar-refractivity contribution in [3.63, 3.8) is 0 Å². The van der Waals surface area contributed by atoms with Crippen LogP contribution < -0.4 is 5.32 Å². The van der Waals surface area contributed by atoms with Crippen LogP contribution in [0.15, 0.2) is 12.1 Å². The first-order chi connectivity index (χ1) is 10.6. The van der Waals surface area contributed by atoms with Gasteiger partial charge in [0.15, 0.2) is 0 Å². The second kappa shape index (κ2) is 6.71. The monoisotopic (exact) mass is 346 g/mol. The molecule has 3 rings (SSSR count). The summed E-state index contributed by atoms with van der Waals surface area (Å²) in [5.41, 5.74) is 0.533. The van der Waals surface area contributed by atoms with Crippen molar-refractivity contribution in [1.82, 2.24) is 10.2 Å². The molecule has 4 nitrogen and oxygen atoms in total. The van der Waals surface area contributed by atoms with Gasteiger partial charge in [0.25, 0.3) is 0 Å². The van der Waals surface area contributed by atoms with Gasteiger partial charge in [-0.1, -0.05) is 23.2 Å². The lowest BCUT2D eigenvalue weighted by Gasteiger charge is -2.35. The highest BCUT2D eigenvalue weighted by Gasteiger charge is 2.32. The quantitative estimate of drug-likeness (QED) is 0.837. The molecule has 1 aromatic rings. The molecule has 2 aliphatic heterocycles. The Hall–Kier alpha value is -0.880. The van der Waals surface area contributed by atoms with Gasteiger partial charge in [-0.05, 0) is 25.1 Å².